The van der Waals surface area contributed by atoms with E-state index in [9.17, 15) is 19.2 Å². The molecule has 0 N–H and O–H groups in total. The van der Waals surface area contributed by atoms with Gasteiger partial charge in [-0.05, 0) is 5.75 Å². The fourth-order valence-corrected chi connectivity index (χ4v) is 3.21. The van der Waals surface area contributed by atoms with Crippen LogP contribution in [-0.2, 0) is 42.9 Å². The van der Waals surface area contributed by atoms with Crippen LogP contribution in [0.2, 0.25) is 0 Å². The molecule has 1 saturated heterocycles. The summed E-state index contributed by atoms with van der Waals surface area (Å²) in [6.07, 6.45) is -4.81. The van der Waals surface area contributed by atoms with E-state index in [4.69, 9.17) is 23.7 Å². The number of carbonyl (C=O) groups is 4. The van der Waals surface area contributed by atoms with Gasteiger partial charge in [-0.3, -0.25) is 19.2 Å². The summed E-state index contributed by atoms with van der Waals surface area (Å²) in [4.78, 5) is 45.8. The van der Waals surface area contributed by atoms with Gasteiger partial charge >= 0.3 is 23.9 Å². The van der Waals surface area contributed by atoms with E-state index >= 15 is 0 Å². The third-order valence-electron chi connectivity index (χ3n) is 2.97. The van der Waals surface area contributed by atoms with Crippen molar-refractivity contribution in [1.82, 2.24) is 0 Å². The first-order valence-corrected chi connectivity index (χ1v) is 8.66. The van der Waals surface area contributed by atoms with E-state index in [1.807, 2.05) is 6.92 Å². The minimum atomic E-state index is -1.30. The van der Waals surface area contributed by atoms with E-state index in [1.165, 1.54) is 18.7 Å². The van der Waals surface area contributed by atoms with E-state index in [0.717, 1.165) is 20.8 Å². The molecule has 0 radical (unpaired) electrons. The van der Waals surface area contributed by atoms with Crippen LogP contribution in [0.15, 0.2) is 0 Å². The number of carbonyl (C=O) groups excluding carboxylic acids is 4. The van der Waals surface area contributed by atoms with Gasteiger partial charge in [0, 0.05) is 27.7 Å². The molecular formula is C15H22O9S. The summed E-state index contributed by atoms with van der Waals surface area (Å²) >= 11 is 1.26. The Bertz CT molecular complexity index is 521. The zero-order valence-corrected chi connectivity index (χ0v) is 15.5. The van der Waals surface area contributed by atoms with Gasteiger partial charge in [0.1, 0.15) is 5.44 Å². The molecular weight excluding hydrogens is 356 g/mol. The second-order valence-electron chi connectivity index (χ2n) is 5.16. The van der Waals surface area contributed by atoms with Crippen molar-refractivity contribution >= 4 is 35.6 Å². The van der Waals surface area contributed by atoms with Crippen LogP contribution in [0.4, 0.5) is 0 Å². The third kappa shape index (κ3) is 6.54. The molecule has 9 nitrogen and oxygen atoms in total. The zero-order chi connectivity index (χ0) is 19.1. The summed E-state index contributed by atoms with van der Waals surface area (Å²) in [7, 11) is 0. The summed E-state index contributed by atoms with van der Waals surface area (Å²) in [5.74, 6) is -2.09. The summed E-state index contributed by atoms with van der Waals surface area (Å²) in [5.41, 5.74) is -0.783. The van der Waals surface area contributed by atoms with Gasteiger partial charge in [0.15, 0.2) is 12.2 Å². The molecule has 1 fully saturated rings. The molecule has 0 aliphatic carbocycles. The van der Waals surface area contributed by atoms with Crippen LogP contribution in [-0.4, -0.2) is 59.7 Å². The molecule has 0 unspecified atom stereocenters. The number of thioether (sulfide) groups is 1. The van der Waals surface area contributed by atoms with Gasteiger partial charge in [-0.1, -0.05) is 6.92 Å². The van der Waals surface area contributed by atoms with Crippen LogP contribution in [0.1, 0.15) is 34.6 Å². The van der Waals surface area contributed by atoms with Crippen molar-refractivity contribution in [3.63, 3.8) is 0 Å². The van der Waals surface area contributed by atoms with Crippen LogP contribution in [0.25, 0.3) is 0 Å². The molecule has 142 valence electrons. The molecule has 1 heterocycles. The maximum atomic E-state index is 11.5. The molecule has 0 aromatic heterocycles. The van der Waals surface area contributed by atoms with Crippen molar-refractivity contribution in [2.75, 3.05) is 5.75 Å². The van der Waals surface area contributed by atoms with Gasteiger partial charge < -0.3 is 23.7 Å². The normalized spacial score (nSPS) is 28.6. The lowest BCUT2D eigenvalue weighted by atomic mass is 10.0. The van der Waals surface area contributed by atoms with Gasteiger partial charge in [-0.15, -0.1) is 11.8 Å². The number of hydrogen-bond donors (Lipinski definition) is 0. The molecule has 1 rings (SSSR count). The third-order valence-corrected chi connectivity index (χ3v) is 4.01. The minimum Gasteiger partial charge on any atom is -0.455 e. The molecule has 0 aromatic rings. The summed E-state index contributed by atoms with van der Waals surface area (Å²) < 4.78 is 26.3. The first kappa shape index (κ1) is 21.2. The van der Waals surface area contributed by atoms with Crippen molar-refractivity contribution in [1.29, 1.82) is 0 Å². The Morgan fingerprint density at radius 1 is 0.760 bits per heavy atom. The molecule has 10 heteroatoms. The molecule has 0 spiro atoms. The minimum absolute atomic E-state index is 0.584. The Morgan fingerprint density at radius 3 is 1.64 bits per heavy atom. The lowest BCUT2D eigenvalue weighted by Gasteiger charge is -2.43. The van der Waals surface area contributed by atoms with Gasteiger partial charge in [0.25, 0.3) is 0 Å². The van der Waals surface area contributed by atoms with E-state index in [1.54, 1.807) is 0 Å². The highest BCUT2D eigenvalue weighted by molar-refractivity contribution is 7.99. The van der Waals surface area contributed by atoms with Crippen molar-refractivity contribution in [2.45, 2.75) is 64.7 Å². The quantitative estimate of drug-likeness (QED) is 0.485. The van der Waals surface area contributed by atoms with E-state index < -0.39 is 53.9 Å². The monoisotopic (exact) mass is 378 g/mol. The SMILES string of the molecule is CCS[C@H]1O[C@H](OC(C)=O)[C@H](OC(C)=O)[C@@H](OC(C)=O)[C@@H]1OC(C)=O. The van der Waals surface area contributed by atoms with Crippen LogP contribution < -0.4 is 0 Å². The van der Waals surface area contributed by atoms with E-state index in [0.29, 0.717) is 5.75 Å². The standard InChI is InChI=1S/C15H22O9S/c1-6-25-15-13(22-9(4)18)11(20-7(2)16)12(21-8(3)17)14(24-15)23-10(5)19/h11-15H,6H2,1-5H3/t11-,12-,13+,14+,15-/m1/s1. The summed E-state index contributed by atoms with van der Waals surface area (Å²) in [6.45, 7) is 6.50. The van der Waals surface area contributed by atoms with Crippen molar-refractivity contribution in [2.24, 2.45) is 0 Å². The van der Waals surface area contributed by atoms with Crippen LogP contribution in [0.3, 0.4) is 0 Å². The second kappa shape index (κ2) is 9.62. The van der Waals surface area contributed by atoms with Gasteiger partial charge in [0.05, 0.1) is 0 Å². The first-order chi connectivity index (χ1) is 11.6. The molecule has 1 aliphatic heterocycles. The average Bonchev–Trinajstić information content (AvgIpc) is 2.45. The second-order valence-corrected chi connectivity index (χ2v) is 6.54. The lowest BCUT2D eigenvalue weighted by Crippen LogP contribution is -2.61. The van der Waals surface area contributed by atoms with Crippen molar-refractivity contribution in [3.05, 3.63) is 0 Å². The Morgan fingerprint density at radius 2 is 1.20 bits per heavy atom. The maximum Gasteiger partial charge on any atom is 0.305 e. The molecule has 5 atom stereocenters. The molecule has 0 amide bonds. The number of rotatable bonds is 6. The molecule has 0 aromatic carbocycles. The summed E-state index contributed by atoms with van der Waals surface area (Å²) in [6, 6.07) is 0. The first-order valence-electron chi connectivity index (χ1n) is 7.61. The van der Waals surface area contributed by atoms with E-state index in [-0.39, 0.29) is 0 Å². The van der Waals surface area contributed by atoms with Gasteiger partial charge in [-0.2, -0.15) is 0 Å². The van der Waals surface area contributed by atoms with Gasteiger partial charge in [0.2, 0.25) is 12.4 Å². The summed E-state index contributed by atoms with van der Waals surface area (Å²) in [5, 5.41) is 0. The number of hydrogen-bond acceptors (Lipinski definition) is 10. The maximum absolute atomic E-state index is 11.5. The highest BCUT2D eigenvalue weighted by atomic mass is 32.2. The smallest absolute Gasteiger partial charge is 0.305 e. The van der Waals surface area contributed by atoms with Crippen molar-refractivity contribution < 1.29 is 42.9 Å². The zero-order valence-electron chi connectivity index (χ0n) is 14.7. The number of esters is 4. The molecule has 0 saturated carbocycles. The largest absolute Gasteiger partial charge is 0.455 e. The van der Waals surface area contributed by atoms with Crippen LogP contribution in [0, 0.1) is 0 Å². The topological polar surface area (TPSA) is 114 Å². The Balaban J connectivity index is 3.25. The highest BCUT2D eigenvalue weighted by Gasteiger charge is 2.53. The Hall–Kier alpha value is -1.81. The number of ether oxygens (including phenoxy) is 5. The highest BCUT2D eigenvalue weighted by Crippen LogP contribution is 2.34. The van der Waals surface area contributed by atoms with Crippen LogP contribution >= 0.6 is 11.8 Å². The predicted octanol–water partition coefficient (Wildman–Crippen LogP) is 0.780. The Kier molecular flexibility index (Phi) is 8.17. The van der Waals surface area contributed by atoms with Crippen molar-refractivity contribution in [3.8, 4) is 0 Å². The lowest BCUT2D eigenvalue weighted by molar-refractivity contribution is -0.280. The van der Waals surface area contributed by atoms with Gasteiger partial charge in [-0.25, -0.2) is 0 Å². The Labute approximate surface area is 149 Å². The molecule has 25 heavy (non-hydrogen) atoms. The van der Waals surface area contributed by atoms with Crippen LogP contribution in [0.5, 0.6) is 0 Å². The fourth-order valence-electron chi connectivity index (χ4n) is 2.29. The predicted molar refractivity (Wildman–Crippen MR) is 85.2 cm³/mol. The van der Waals surface area contributed by atoms with E-state index in [2.05, 4.69) is 0 Å². The molecule has 1 aliphatic rings. The molecule has 0 bridgehead atoms. The average molecular weight is 378 g/mol. The fraction of sp³-hybridized carbons (Fsp3) is 0.733.